The lowest BCUT2D eigenvalue weighted by atomic mass is 10.2. The lowest BCUT2D eigenvalue weighted by molar-refractivity contribution is -0.122. The maximum absolute atomic E-state index is 11.1. The van der Waals surface area contributed by atoms with Crippen molar-refractivity contribution in [2.75, 3.05) is 13.2 Å². The summed E-state index contributed by atoms with van der Waals surface area (Å²) in [5.74, 6) is -0.150. The van der Waals surface area contributed by atoms with Crippen LogP contribution in [0.2, 0.25) is 0 Å². The number of carbonyl (C=O) groups is 1. The maximum atomic E-state index is 11.1. The minimum Gasteiger partial charge on any atom is -0.375 e. The highest BCUT2D eigenvalue weighted by molar-refractivity contribution is 5.80. The van der Waals surface area contributed by atoms with Gasteiger partial charge in [-0.25, -0.2) is 0 Å². The van der Waals surface area contributed by atoms with Crippen molar-refractivity contribution in [3.8, 4) is 0 Å². The average molecular weight is 222 g/mol. The fourth-order valence-corrected chi connectivity index (χ4v) is 1.17. The van der Waals surface area contributed by atoms with Gasteiger partial charge < -0.3 is 15.8 Å². The Kier molecular flexibility index (Phi) is 5.53. The number of hydrogen-bond acceptors (Lipinski definition) is 3. The molecule has 0 bridgehead atoms. The smallest absolute Gasteiger partial charge is 0.236 e. The van der Waals surface area contributed by atoms with Crippen molar-refractivity contribution in [2.24, 2.45) is 5.73 Å². The molecule has 0 spiro atoms. The Morgan fingerprint density at radius 2 is 2.12 bits per heavy atom. The van der Waals surface area contributed by atoms with Crippen LogP contribution in [0.25, 0.3) is 0 Å². The van der Waals surface area contributed by atoms with Gasteiger partial charge in [0.2, 0.25) is 5.91 Å². The molecule has 0 saturated heterocycles. The molecule has 0 aliphatic rings. The number of carbonyl (C=O) groups excluding carboxylic acids is 1. The van der Waals surface area contributed by atoms with Crippen molar-refractivity contribution in [1.29, 1.82) is 0 Å². The van der Waals surface area contributed by atoms with Gasteiger partial charge in [0.15, 0.2) is 0 Å². The lowest BCUT2D eigenvalue weighted by Gasteiger charge is -2.08. The Hall–Kier alpha value is -1.39. The van der Waals surface area contributed by atoms with E-state index in [0.717, 1.165) is 5.56 Å². The fourth-order valence-electron chi connectivity index (χ4n) is 1.17. The van der Waals surface area contributed by atoms with E-state index in [1.807, 2.05) is 30.3 Å². The van der Waals surface area contributed by atoms with E-state index >= 15 is 0 Å². The minimum atomic E-state index is -0.464. The Bertz CT molecular complexity index is 312. The molecule has 1 aromatic carbocycles. The number of ether oxygens (including phenoxy) is 1. The van der Waals surface area contributed by atoms with Gasteiger partial charge in [0.25, 0.3) is 0 Å². The number of benzene rings is 1. The number of hydrogen-bond donors (Lipinski definition) is 2. The summed E-state index contributed by atoms with van der Waals surface area (Å²) >= 11 is 0. The zero-order valence-electron chi connectivity index (χ0n) is 9.48. The summed E-state index contributed by atoms with van der Waals surface area (Å²) in [5.41, 5.74) is 6.51. The molecule has 16 heavy (non-hydrogen) atoms. The SMILES string of the molecule is C[C@@H](N)C(=O)NCCOCc1ccccc1. The van der Waals surface area contributed by atoms with E-state index in [4.69, 9.17) is 10.5 Å². The van der Waals surface area contributed by atoms with Gasteiger partial charge in [-0.1, -0.05) is 30.3 Å². The van der Waals surface area contributed by atoms with E-state index in [0.29, 0.717) is 19.8 Å². The number of nitrogens with two attached hydrogens (primary N) is 1. The monoisotopic (exact) mass is 222 g/mol. The molecular weight excluding hydrogens is 204 g/mol. The molecule has 0 saturated carbocycles. The second-order valence-electron chi connectivity index (χ2n) is 3.62. The Morgan fingerprint density at radius 1 is 1.44 bits per heavy atom. The van der Waals surface area contributed by atoms with Crippen molar-refractivity contribution in [1.82, 2.24) is 5.32 Å². The van der Waals surface area contributed by atoms with E-state index < -0.39 is 6.04 Å². The second kappa shape index (κ2) is 6.98. The number of rotatable bonds is 6. The van der Waals surface area contributed by atoms with Gasteiger partial charge in [-0.15, -0.1) is 0 Å². The molecule has 3 N–H and O–H groups in total. The predicted octanol–water partition coefficient (Wildman–Crippen LogP) is 0.667. The highest BCUT2D eigenvalue weighted by Gasteiger charge is 2.04. The summed E-state index contributed by atoms with van der Waals surface area (Å²) < 4.78 is 5.39. The highest BCUT2D eigenvalue weighted by Crippen LogP contribution is 1.99. The molecule has 1 amide bonds. The van der Waals surface area contributed by atoms with Gasteiger partial charge in [-0.2, -0.15) is 0 Å². The molecule has 0 radical (unpaired) electrons. The van der Waals surface area contributed by atoms with E-state index in [9.17, 15) is 4.79 Å². The Morgan fingerprint density at radius 3 is 2.75 bits per heavy atom. The molecule has 1 atom stereocenters. The van der Waals surface area contributed by atoms with Crippen LogP contribution in [0.15, 0.2) is 30.3 Å². The van der Waals surface area contributed by atoms with Gasteiger partial charge in [0.1, 0.15) is 0 Å². The van der Waals surface area contributed by atoms with Crippen LogP contribution in [0.1, 0.15) is 12.5 Å². The van der Waals surface area contributed by atoms with Crippen LogP contribution in [0, 0.1) is 0 Å². The molecule has 4 nitrogen and oxygen atoms in total. The molecule has 0 fully saturated rings. The van der Waals surface area contributed by atoms with E-state index in [2.05, 4.69) is 5.32 Å². The molecule has 0 aliphatic heterocycles. The average Bonchev–Trinajstić information content (AvgIpc) is 2.29. The van der Waals surface area contributed by atoms with E-state index in [1.165, 1.54) is 0 Å². The molecule has 0 heterocycles. The maximum Gasteiger partial charge on any atom is 0.236 e. The quantitative estimate of drug-likeness (QED) is 0.695. The molecule has 0 aromatic heterocycles. The van der Waals surface area contributed by atoms with Crippen LogP contribution in [0.4, 0.5) is 0 Å². The van der Waals surface area contributed by atoms with E-state index in [1.54, 1.807) is 6.92 Å². The van der Waals surface area contributed by atoms with Crippen molar-refractivity contribution < 1.29 is 9.53 Å². The van der Waals surface area contributed by atoms with Crippen molar-refractivity contribution in [2.45, 2.75) is 19.6 Å². The van der Waals surface area contributed by atoms with Crippen molar-refractivity contribution in [3.05, 3.63) is 35.9 Å². The molecule has 4 heteroatoms. The Balaban J connectivity index is 2.07. The normalized spacial score (nSPS) is 12.1. The minimum absolute atomic E-state index is 0.150. The predicted molar refractivity (Wildman–Crippen MR) is 62.8 cm³/mol. The van der Waals surface area contributed by atoms with Gasteiger partial charge in [-0.05, 0) is 12.5 Å². The summed E-state index contributed by atoms with van der Waals surface area (Å²) in [5, 5.41) is 2.68. The first-order valence-corrected chi connectivity index (χ1v) is 5.35. The zero-order chi connectivity index (χ0) is 11.8. The van der Waals surface area contributed by atoms with Crippen LogP contribution >= 0.6 is 0 Å². The zero-order valence-corrected chi connectivity index (χ0v) is 9.48. The third kappa shape index (κ3) is 4.91. The topological polar surface area (TPSA) is 64.4 Å². The molecule has 1 rings (SSSR count). The van der Waals surface area contributed by atoms with E-state index in [-0.39, 0.29) is 5.91 Å². The number of amides is 1. The van der Waals surface area contributed by atoms with Crippen LogP contribution in [0.5, 0.6) is 0 Å². The summed E-state index contributed by atoms with van der Waals surface area (Å²) in [4.78, 5) is 11.1. The third-order valence-electron chi connectivity index (χ3n) is 2.07. The van der Waals surface area contributed by atoms with Crippen molar-refractivity contribution in [3.63, 3.8) is 0 Å². The largest absolute Gasteiger partial charge is 0.375 e. The standard InChI is InChI=1S/C12H18N2O2/c1-10(13)12(15)14-7-8-16-9-11-5-3-2-4-6-11/h2-6,10H,7-9,13H2,1H3,(H,14,15)/t10-/m1/s1. The summed E-state index contributed by atoms with van der Waals surface area (Å²) in [7, 11) is 0. The third-order valence-corrected chi connectivity index (χ3v) is 2.07. The molecule has 0 aliphatic carbocycles. The molecule has 0 unspecified atom stereocenters. The van der Waals surface area contributed by atoms with Crippen LogP contribution in [0.3, 0.4) is 0 Å². The van der Waals surface area contributed by atoms with Gasteiger partial charge >= 0.3 is 0 Å². The highest BCUT2D eigenvalue weighted by atomic mass is 16.5. The van der Waals surface area contributed by atoms with Crippen molar-refractivity contribution >= 4 is 5.91 Å². The first-order chi connectivity index (χ1) is 7.70. The second-order valence-corrected chi connectivity index (χ2v) is 3.62. The summed E-state index contributed by atoms with van der Waals surface area (Å²) in [6, 6.07) is 9.44. The van der Waals surface area contributed by atoms with Gasteiger partial charge in [0.05, 0.1) is 19.3 Å². The lowest BCUT2D eigenvalue weighted by Crippen LogP contribution is -2.39. The van der Waals surface area contributed by atoms with Gasteiger partial charge in [0, 0.05) is 6.54 Å². The summed E-state index contributed by atoms with van der Waals surface area (Å²) in [6.45, 7) is 3.20. The Labute approximate surface area is 95.8 Å². The van der Waals surface area contributed by atoms with Crippen LogP contribution in [-0.2, 0) is 16.1 Å². The van der Waals surface area contributed by atoms with Gasteiger partial charge in [-0.3, -0.25) is 4.79 Å². The first-order valence-electron chi connectivity index (χ1n) is 5.35. The number of nitrogens with one attached hydrogen (secondary N) is 1. The first kappa shape index (κ1) is 12.7. The molecule has 1 aromatic rings. The van der Waals surface area contributed by atoms with Crippen LogP contribution in [-0.4, -0.2) is 25.1 Å². The molecular formula is C12H18N2O2. The fraction of sp³-hybridized carbons (Fsp3) is 0.417. The van der Waals surface area contributed by atoms with Crippen LogP contribution < -0.4 is 11.1 Å². The molecule has 88 valence electrons. The summed E-state index contributed by atoms with van der Waals surface area (Å²) in [6.07, 6.45) is 0.